The third-order valence-electron chi connectivity index (χ3n) is 5.11. The minimum Gasteiger partial charge on any atom is -0.507 e. The number of imidazole rings is 1. The zero-order chi connectivity index (χ0) is 22.9. The van der Waals surface area contributed by atoms with E-state index in [-0.39, 0.29) is 11.7 Å². The van der Waals surface area contributed by atoms with Crippen LogP contribution in [0, 0.1) is 0 Å². The third kappa shape index (κ3) is 3.85. The van der Waals surface area contributed by atoms with Gasteiger partial charge in [0.25, 0.3) is 5.91 Å². The first-order valence-corrected chi connectivity index (χ1v) is 10.0. The number of pyridine rings is 1. The van der Waals surface area contributed by atoms with Crippen molar-refractivity contribution in [3.05, 3.63) is 66.5 Å². The summed E-state index contributed by atoms with van der Waals surface area (Å²) in [6, 6.07) is 14.0. The molecule has 0 radical (unpaired) electrons. The van der Waals surface area contributed by atoms with Crippen LogP contribution in [-0.4, -0.2) is 48.1 Å². The lowest BCUT2D eigenvalue weighted by molar-refractivity contribution is 0.102. The van der Waals surface area contributed by atoms with Crippen molar-refractivity contribution in [2.24, 2.45) is 7.05 Å². The number of methoxy groups -OCH3 is 1. The summed E-state index contributed by atoms with van der Waals surface area (Å²) < 4.78 is 5.36. The van der Waals surface area contributed by atoms with Crippen LogP contribution in [-0.2, 0) is 7.05 Å². The highest BCUT2D eigenvalue weighted by Crippen LogP contribution is 2.35. The summed E-state index contributed by atoms with van der Waals surface area (Å²) in [6.45, 7) is 0. The largest absolute Gasteiger partial charge is 0.507 e. The zero-order valence-electron chi connectivity index (χ0n) is 17.8. The van der Waals surface area contributed by atoms with Gasteiger partial charge in [-0.25, -0.2) is 9.97 Å². The fraction of sp³-hybridized carbons (Fsp3) is 0.0870. The van der Waals surface area contributed by atoms with Crippen LogP contribution in [0.3, 0.4) is 0 Å². The summed E-state index contributed by atoms with van der Waals surface area (Å²) in [5.74, 6) is 1.06. The maximum absolute atomic E-state index is 12.6. The maximum atomic E-state index is 12.6. The Balaban J connectivity index is 1.49. The number of fused-ring (bicyclic) bond motifs is 1. The highest BCUT2D eigenvalue weighted by atomic mass is 16.5. The van der Waals surface area contributed by atoms with E-state index < -0.39 is 0 Å². The number of amides is 1. The van der Waals surface area contributed by atoms with Crippen LogP contribution in [0.15, 0.2) is 60.9 Å². The second-order valence-electron chi connectivity index (χ2n) is 7.28. The van der Waals surface area contributed by atoms with Gasteiger partial charge in [0.05, 0.1) is 29.9 Å². The van der Waals surface area contributed by atoms with Crippen LogP contribution in [0.1, 0.15) is 10.4 Å². The molecule has 0 bridgehead atoms. The minimum atomic E-state index is -0.324. The van der Waals surface area contributed by atoms with E-state index in [2.05, 4.69) is 30.5 Å². The van der Waals surface area contributed by atoms with Crippen LogP contribution in [0.2, 0.25) is 0 Å². The monoisotopic (exact) mass is 441 g/mol. The molecule has 10 heteroatoms. The Morgan fingerprint density at radius 1 is 1.15 bits per heavy atom. The summed E-state index contributed by atoms with van der Waals surface area (Å²) in [6.07, 6.45) is 3.12. The van der Waals surface area contributed by atoms with Gasteiger partial charge in [-0.15, -0.1) is 5.10 Å². The molecule has 0 atom stereocenters. The number of rotatable bonds is 5. The quantitative estimate of drug-likeness (QED) is 0.381. The van der Waals surface area contributed by atoms with Gasteiger partial charge in [-0.3, -0.25) is 4.79 Å². The lowest BCUT2D eigenvalue weighted by Gasteiger charge is -2.09. The van der Waals surface area contributed by atoms with E-state index in [4.69, 9.17) is 4.74 Å². The van der Waals surface area contributed by atoms with E-state index in [0.717, 1.165) is 16.6 Å². The van der Waals surface area contributed by atoms with Gasteiger partial charge in [-0.1, -0.05) is 6.07 Å². The molecule has 0 saturated heterocycles. The SMILES string of the molecule is COc1ncccc1-c1ccc(O)c(-c2nc3cc(C(=O)Nc4cnn(C)n4)ccc3[nH]2)c1. The molecule has 5 aromatic rings. The number of aromatic nitrogens is 6. The van der Waals surface area contributed by atoms with Crippen molar-refractivity contribution < 1.29 is 14.6 Å². The Morgan fingerprint density at radius 3 is 2.82 bits per heavy atom. The van der Waals surface area contributed by atoms with Crippen LogP contribution in [0.5, 0.6) is 11.6 Å². The van der Waals surface area contributed by atoms with Gasteiger partial charge in [0, 0.05) is 24.4 Å². The molecule has 1 amide bonds. The van der Waals surface area contributed by atoms with Gasteiger partial charge in [0.2, 0.25) is 5.88 Å². The molecule has 3 heterocycles. The predicted molar refractivity (Wildman–Crippen MR) is 122 cm³/mol. The molecule has 0 aliphatic heterocycles. The minimum absolute atomic E-state index is 0.0706. The van der Waals surface area contributed by atoms with E-state index >= 15 is 0 Å². The second-order valence-corrected chi connectivity index (χ2v) is 7.28. The smallest absolute Gasteiger partial charge is 0.256 e. The first-order chi connectivity index (χ1) is 16.0. The highest BCUT2D eigenvalue weighted by Gasteiger charge is 2.15. The van der Waals surface area contributed by atoms with Crippen molar-refractivity contribution in [3.63, 3.8) is 0 Å². The number of ether oxygens (including phenoxy) is 1. The number of nitrogens with zero attached hydrogens (tertiary/aromatic N) is 5. The Hall–Kier alpha value is -4.73. The Kier molecular flexibility index (Phi) is 4.94. The standard InChI is InChI=1S/C23H19N7O3/c1-30-25-12-20(29-30)28-22(32)14-5-7-17-18(11-14)27-21(26-17)16-10-13(6-8-19(16)31)15-4-3-9-24-23(15)33-2/h3-12,31H,1-2H3,(H,26,27)(H,28,29,32). The number of aromatic hydroxyl groups is 1. The molecule has 5 rings (SSSR count). The van der Waals surface area contributed by atoms with E-state index in [9.17, 15) is 9.90 Å². The van der Waals surface area contributed by atoms with Gasteiger partial charge in [-0.2, -0.15) is 9.90 Å². The summed E-state index contributed by atoms with van der Waals surface area (Å²) >= 11 is 0. The lowest BCUT2D eigenvalue weighted by Crippen LogP contribution is -2.12. The molecular formula is C23H19N7O3. The highest BCUT2D eigenvalue weighted by molar-refractivity contribution is 6.05. The Bertz CT molecular complexity index is 1490. The van der Waals surface area contributed by atoms with Crippen LogP contribution in [0.4, 0.5) is 5.82 Å². The first-order valence-electron chi connectivity index (χ1n) is 10.0. The van der Waals surface area contributed by atoms with E-state index in [1.54, 1.807) is 50.7 Å². The Labute approximate surface area is 187 Å². The van der Waals surface area contributed by atoms with Crippen molar-refractivity contribution in [1.82, 2.24) is 29.9 Å². The number of anilines is 1. The number of aryl methyl sites for hydroxylation is 1. The van der Waals surface area contributed by atoms with Crippen LogP contribution >= 0.6 is 0 Å². The first kappa shape index (κ1) is 20.2. The zero-order valence-corrected chi connectivity index (χ0v) is 17.8. The molecule has 3 N–H and O–H groups in total. The van der Waals surface area contributed by atoms with Gasteiger partial charge in [-0.05, 0) is 48.0 Å². The van der Waals surface area contributed by atoms with Crippen molar-refractivity contribution in [2.75, 3.05) is 12.4 Å². The van der Waals surface area contributed by atoms with Crippen molar-refractivity contribution >= 4 is 22.8 Å². The van der Waals surface area contributed by atoms with Crippen molar-refractivity contribution in [3.8, 4) is 34.1 Å². The van der Waals surface area contributed by atoms with E-state index in [1.165, 1.54) is 11.0 Å². The second kappa shape index (κ2) is 8.08. The molecule has 10 nitrogen and oxygen atoms in total. The number of H-pyrrole nitrogens is 1. The normalized spacial score (nSPS) is 11.0. The topological polar surface area (TPSA) is 131 Å². The fourth-order valence-corrected chi connectivity index (χ4v) is 3.53. The summed E-state index contributed by atoms with van der Waals surface area (Å²) in [5, 5.41) is 21.2. The van der Waals surface area contributed by atoms with Crippen molar-refractivity contribution in [1.29, 1.82) is 0 Å². The number of nitrogens with one attached hydrogen (secondary N) is 2. The van der Waals surface area contributed by atoms with Crippen molar-refractivity contribution in [2.45, 2.75) is 0 Å². The average Bonchev–Trinajstić information content (AvgIpc) is 3.44. The van der Waals surface area contributed by atoms with E-state index in [0.29, 0.717) is 34.2 Å². The molecular weight excluding hydrogens is 422 g/mol. The molecule has 0 spiro atoms. The average molecular weight is 441 g/mol. The van der Waals surface area contributed by atoms with Crippen LogP contribution < -0.4 is 10.1 Å². The molecule has 0 unspecified atom stereocenters. The molecule has 33 heavy (non-hydrogen) atoms. The molecule has 0 aliphatic carbocycles. The number of phenols is 1. The number of aromatic amines is 1. The molecule has 0 saturated carbocycles. The van der Waals surface area contributed by atoms with Gasteiger partial charge >= 0.3 is 0 Å². The Morgan fingerprint density at radius 2 is 2.03 bits per heavy atom. The van der Waals surface area contributed by atoms with Crippen LogP contribution in [0.25, 0.3) is 33.5 Å². The maximum Gasteiger partial charge on any atom is 0.256 e. The molecule has 0 aliphatic rings. The lowest BCUT2D eigenvalue weighted by atomic mass is 10.0. The van der Waals surface area contributed by atoms with Gasteiger partial charge in [0.1, 0.15) is 11.6 Å². The number of hydrogen-bond donors (Lipinski definition) is 3. The number of carbonyl (C=O) groups excluding carboxylic acids is 1. The molecule has 0 fully saturated rings. The summed E-state index contributed by atoms with van der Waals surface area (Å²) in [4.78, 5) is 26.0. The number of phenolic OH excluding ortho intramolecular Hbond substituents is 1. The molecule has 164 valence electrons. The third-order valence-corrected chi connectivity index (χ3v) is 5.11. The van der Waals surface area contributed by atoms with Gasteiger partial charge < -0.3 is 20.1 Å². The fourth-order valence-electron chi connectivity index (χ4n) is 3.53. The summed E-state index contributed by atoms with van der Waals surface area (Å²) in [5.41, 5.74) is 3.85. The molecule has 2 aromatic carbocycles. The molecule has 3 aromatic heterocycles. The number of carbonyl (C=O) groups is 1. The predicted octanol–water partition coefficient (Wildman–Crippen LogP) is 3.39. The summed E-state index contributed by atoms with van der Waals surface area (Å²) in [7, 11) is 3.23. The number of benzene rings is 2. The number of hydrogen-bond acceptors (Lipinski definition) is 7. The van der Waals surface area contributed by atoms with E-state index in [1.807, 2.05) is 18.2 Å². The van der Waals surface area contributed by atoms with Gasteiger partial charge in [0.15, 0.2) is 5.82 Å².